The minimum absolute atomic E-state index is 0.188. The molecule has 0 bridgehead atoms. The Morgan fingerprint density at radius 3 is 2.62 bits per heavy atom. The molecule has 1 aliphatic rings. The smallest absolute Gasteiger partial charge is 0.406 e. The molecular formula is C27H25ClF3NO6S2. The van der Waals surface area contributed by atoms with Gasteiger partial charge in [-0.05, 0) is 43.9 Å². The molecule has 2 aromatic carbocycles. The highest BCUT2D eigenvalue weighted by Crippen LogP contribution is 2.44. The SMILES string of the molecule is COC(=O)c1sc(N2/C=C\CCCc3ccc(OS(=O)(=O)CC(F)(F)F)cc32)cc1OC(C)c1ccccc1Cl. The van der Waals surface area contributed by atoms with Crippen molar-refractivity contribution < 1.29 is 40.0 Å². The first-order chi connectivity index (χ1) is 18.9. The molecule has 0 aliphatic carbocycles. The largest absolute Gasteiger partial charge is 0.484 e. The third kappa shape index (κ3) is 7.29. The molecule has 40 heavy (non-hydrogen) atoms. The fraction of sp³-hybridized carbons (Fsp3) is 0.296. The Bertz CT molecular complexity index is 1520. The molecule has 0 radical (unpaired) electrons. The molecule has 0 fully saturated rings. The van der Waals surface area contributed by atoms with Crippen LogP contribution in [0.2, 0.25) is 5.02 Å². The lowest BCUT2D eigenvalue weighted by Gasteiger charge is -2.24. The standard InChI is InChI=1S/C27H25ClF3NO6S2/c1-17(20-9-5-6-10-21(20)28)37-23-15-24(39-25(23)26(33)36-2)32-13-7-3-4-8-18-11-12-19(14-22(18)32)38-40(34,35)16-27(29,30)31/h5-7,9-15,17H,3-4,8,16H2,1-2H3/b13-7-. The topological polar surface area (TPSA) is 82.1 Å². The minimum Gasteiger partial charge on any atom is -0.484 e. The first-order valence-electron chi connectivity index (χ1n) is 12.1. The molecule has 0 saturated carbocycles. The number of esters is 1. The molecule has 0 saturated heterocycles. The second-order valence-electron chi connectivity index (χ2n) is 8.89. The normalized spacial score (nSPS) is 15.4. The van der Waals surface area contributed by atoms with E-state index in [0.717, 1.165) is 29.7 Å². The lowest BCUT2D eigenvalue weighted by molar-refractivity contribution is -0.107. The molecular weight excluding hydrogens is 591 g/mol. The average molecular weight is 616 g/mol. The number of methoxy groups -OCH3 is 1. The molecule has 214 valence electrons. The second kappa shape index (κ2) is 12.1. The van der Waals surface area contributed by atoms with E-state index in [0.29, 0.717) is 27.7 Å². The van der Waals surface area contributed by atoms with Crippen LogP contribution in [-0.2, 0) is 21.3 Å². The van der Waals surface area contributed by atoms with Crippen LogP contribution in [0.15, 0.2) is 60.8 Å². The fourth-order valence-corrected chi connectivity index (χ4v) is 6.29. The zero-order chi connectivity index (χ0) is 29.1. The van der Waals surface area contributed by atoms with Crippen molar-refractivity contribution in [2.75, 3.05) is 17.8 Å². The van der Waals surface area contributed by atoms with Crippen LogP contribution >= 0.6 is 22.9 Å². The van der Waals surface area contributed by atoms with Crippen molar-refractivity contribution in [3.05, 3.63) is 81.8 Å². The zero-order valence-corrected chi connectivity index (χ0v) is 23.8. The number of rotatable bonds is 8. The summed E-state index contributed by atoms with van der Waals surface area (Å²) in [7, 11) is -3.68. The van der Waals surface area contributed by atoms with Gasteiger partial charge in [0.05, 0.1) is 12.8 Å². The Balaban J connectivity index is 1.74. The van der Waals surface area contributed by atoms with Gasteiger partial charge in [0.1, 0.15) is 22.6 Å². The van der Waals surface area contributed by atoms with E-state index in [1.54, 1.807) is 42.3 Å². The molecule has 2 heterocycles. The molecule has 1 aromatic heterocycles. The summed E-state index contributed by atoms with van der Waals surface area (Å²) in [6.07, 6.45) is 0.348. The summed E-state index contributed by atoms with van der Waals surface area (Å²) >= 11 is 7.41. The number of hydrogen-bond donors (Lipinski definition) is 0. The lowest BCUT2D eigenvalue weighted by atomic mass is 10.0. The van der Waals surface area contributed by atoms with Gasteiger partial charge in [-0.3, -0.25) is 0 Å². The predicted octanol–water partition coefficient (Wildman–Crippen LogP) is 7.59. The van der Waals surface area contributed by atoms with Gasteiger partial charge in [0, 0.05) is 28.9 Å². The Labute approximate surface area is 238 Å². The molecule has 1 aliphatic heterocycles. The van der Waals surface area contributed by atoms with Crippen molar-refractivity contribution in [1.82, 2.24) is 0 Å². The Kier molecular flexibility index (Phi) is 9.01. The van der Waals surface area contributed by atoms with Crippen molar-refractivity contribution in [3.63, 3.8) is 0 Å². The maximum absolute atomic E-state index is 12.7. The van der Waals surface area contributed by atoms with Crippen molar-refractivity contribution >= 4 is 49.7 Å². The van der Waals surface area contributed by atoms with Crippen LogP contribution in [0, 0.1) is 0 Å². The van der Waals surface area contributed by atoms with Crippen LogP contribution in [0.3, 0.4) is 0 Å². The van der Waals surface area contributed by atoms with Gasteiger partial charge in [-0.15, -0.1) is 11.3 Å². The first-order valence-corrected chi connectivity index (χ1v) is 14.8. The number of carbonyl (C=O) groups excluding carboxylic acids is 1. The van der Waals surface area contributed by atoms with Gasteiger partial charge in [0.2, 0.25) is 0 Å². The van der Waals surface area contributed by atoms with Gasteiger partial charge in [-0.2, -0.15) is 21.6 Å². The van der Waals surface area contributed by atoms with Crippen molar-refractivity contribution in [3.8, 4) is 11.5 Å². The maximum Gasteiger partial charge on any atom is 0.406 e. The van der Waals surface area contributed by atoms with Crippen molar-refractivity contribution in [1.29, 1.82) is 0 Å². The third-order valence-electron chi connectivity index (χ3n) is 5.89. The van der Waals surface area contributed by atoms with E-state index >= 15 is 0 Å². The highest BCUT2D eigenvalue weighted by Gasteiger charge is 2.36. The third-order valence-corrected chi connectivity index (χ3v) is 8.46. The number of hydrogen-bond acceptors (Lipinski definition) is 8. The minimum atomic E-state index is -4.95. The summed E-state index contributed by atoms with van der Waals surface area (Å²) in [4.78, 5) is 14.6. The molecule has 4 rings (SSSR count). The molecule has 7 nitrogen and oxygen atoms in total. The first kappa shape index (κ1) is 29.8. The Morgan fingerprint density at radius 2 is 1.93 bits per heavy atom. The number of nitrogens with zero attached hydrogens (tertiary/aromatic N) is 1. The average Bonchev–Trinajstić information content (AvgIpc) is 3.26. The van der Waals surface area contributed by atoms with Crippen molar-refractivity contribution in [2.24, 2.45) is 0 Å². The predicted molar refractivity (Wildman–Crippen MR) is 147 cm³/mol. The summed E-state index contributed by atoms with van der Waals surface area (Å²) in [6.45, 7) is 1.79. The molecule has 0 spiro atoms. The van der Waals surface area contributed by atoms with Gasteiger partial charge in [0.15, 0.2) is 10.6 Å². The summed E-state index contributed by atoms with van der Waals surface area (Å²) < 4.78 is 78.1. The second-order valence-corrected chi connectivity index (χ2v) is 11.9. The highest BCUT2D eigenvalue weighted by molar-refractivity contribution is 7.87. The Hall–Kier alpha value is -3.22. The summed E-state index contributed by atoms with van der Waals surface area (Å²) in [5.74, 6) is -2.76. The van der Waals surface area contributed by atoms with E-state index in [9.17, 15) is 26.4 Å². The molecule has 13 heteroatoms. The fourth-order valence-electron chi connectivity index (χ4n) is 4.13. The summed E-state index contributed by atoms with van der Waals surface area (Å²) in [6, 6.07) is 13.1. The van der Waals surface area contributed by atoms with E-state index < -0.39 is 34.1 Å². The number of fused-ring (bicyclic) bond motifs is 1. The van der Waals surface area contributed by atoms with Gasteiger partial charge in [-0.25, -0.2) is 4.79 Å². The van der Waals surface area contributed by atoms with Crippen molar-refractivity contribution in [2.45, 2.75) is 38.5 Å². The lowest BCUT2D eigenvalue weighted by Crippen LogP contribution is -2.26. The summed E-state index contributed by atoms with van der Waals surface area (Å²) in [5.41, 5.74) is 2.01. The number of carbonyl (C=O) groups is 1. The number of halogens is 4. The van der Waals surface area contributed by atoms with Crippen LogP contribution in [0.25, 0.3) is 0 Å². The number of benzene rings is 2. The highest BCUT2D eigenvalue weighted by atomic mass is 35.5. The van der Waals surface area contributed by atoms with E-state index in [1.165, 1.54) is 19.2 Å². The van der Waals surface area contributed by atoms with E-state index in [4.69, 9.17) is 25.3 Å². The van der Waals surface area contributed by atoms with Gasteiger partial charge < -0.3 is 18.6 Å². The number of ether oxygens (including phenoxy) is 2. The van der Waals surface area contributed by atoms with E-state index in [-0.39, 0.29) is 16.4 Å². The molecule has 0 amide bonds. The van der Waals surface area contributed by atoms with Gasteiger partial charge in [-0.1, -0.05) is 41.9 Å². The number of allylic oxidation sites excluding steroid dienone is 1. The van der Waals surface area contributed by atoms with Gasteiger partial charge in [0.25, 0.3) is 0 Å². The summed E-state index contributed by atoms with van der Waals surface area (Å²) in [5, 5.41) is 1.02. The molecule has 3 aromatic rings. The van der Waals surface area contributed by atoms with Crippen LogP contribution in [0.5, 0.6) is 11.5 Å². The number of aryl methyl sites for hydroxylation is 1. The van der Waals surface area contributed by atoms with Crippen LogP contribution < -0.4 is 13.8 Å². The number of alkyl halides is 3. The monoisotopic (exact) mass is 615 g/mol. The zero-order valence-electron chi connectivity index (χ0n) is 21.4. The molecule has 0 N–H and O–H groups in total. The van der Waals surface area contributed by atoms with E-state index in [2.05, 4.69) is 0 Å². The van der Waals surface area contributed by atoms with Crippen LogP contribution in [0.1, 0.15) is 46.7 Å². The van der Waals surface area contributed by atoms with Crippen LogP contribution in [0.4, 0.5) is 23.9 Å². The number of thiophene rings is 1. The quantitative estimate of drug-likeness (QED) is 0.191. The van der Waals surface area contributed by atoms with Crippen LogP contribution in [-0.4, -0.2) is 33.4 Å². The number of anilines is 2. The van der Waals surface area contributed by atoms with E-state index in [1.807, 2.05) is 18.2 Å². The Morgan fingerprint density at radius 1 is 1.18 bits per heavy atom. The van der Waals surface area contributed by atoms with Gasteiger partial charge >= 0.3 is 22.3 Å². The maximum atomic E-state index is 12.7. The molecule has 1 atom stereocenters. The molecule has 1 unspecified atom stereocenters.